The monoisotopic (exact) mass is 572 g/mol. The second-order valence-corrected chi connectivity index (χ2v) is 15.1. The van der Waals surface area contributed by atoms with Crippen molar-refractivity contribution >= 4 is 17.9 Å². The number of aliphatic carboxylic acids is 2. The lowest BCUT2D eigenvalue weighted by Gasteiger charge is -2.63. The third-order valence-corrected chi connectivity index (χ3v) is 13.0. The number of allylic oxidation sites excluding steroid dienone is 1. The van der Waals surface area contributed by atoms with E-state index in [2.05, 4.69) is 48.1 Å². The van der Waals surface area contributed by atoms with Crippen molar-refractivity contribution in [2.45, 2.75) is 125 Å². The first kappa shape index (κ1) is 31.8. The quantitative estimate of drug-likeness (QED) is 0.158. The molecule has 0 bridgehead atoms. The van der Waals surface area contributed by atoms with Crippen LogP contribution in [0.1, 0.15) is 113 Å². The molecule has 230 valence electrons. The second-order valence-electron chi connectivity index (χ2n) is 15.1. The van der Waals surface area contributed by atoms with E-state index in [1.807, 2.05) is 0 Å². The van der Waals surface area contributed by atoms with Crippen molar-refractivity contribution in [2.24, 2.45) is 45.3 Å². The summed E-state index contributed by atoms with van der Waals surface area (Å²) in [6.45, 7) is 19.4. The topological polar surface area (TPSA) is 121 Å². The molecule has 2 fully saturated rings. The van der Waals surface area contributed by atoms with Crippen LogP contribution in [0.3, 0.4) is 0 Å². The van der Waals surface area contributed by atoms with Crippen LogP contribution >= 0.6 is 0 Å². The summed E-state index contributed by atoms with van der Waals surface area (Å²) < 4.78 is 5.76. The first-order chi connectivity index (χ1) is 18.9. The maximum absolute atomic E-state index is 12.3. The highest BCUT2D eigenvalue weighted by Gasteiger charge is 2.66. The number of hydrogen-bond acceptors (Lipinski definition) is 5. The summed E-state index contributed by atoms with van der Waals surface area (Å²) in [5.74, 6) is -2.26. The molecule has 0 amide bonds. The van der Waals surface area contributed by atoms with Gasteiger partial charge in [0, 0.05) is 10.8 Å². The highest BCUT2D eigenvalue weighted by molar-refractivity contribution is 5.90. The standard InChI is InChI=1S/C34H52O7/c1-19(21(3)30(39)40)9-10-20(2)22-13-16-33(7)23-11-12-25-31(4,5)27(41-29(38)18-28(36)37)14-15-32(25,6)24(23)17-26(35)34(22,33)8/h20-22,25-27,35H,1,9-18H2,2-8H3,(H,36,37)(H,39,40)/t20-,21-,22-,25-,26+,27-,32-,33-,34+/m1/s1. The molecule has 0 aromatic heterocycles. The van der Waals surface area contributed by atoms with Crippen LogP contribution in [0.2, 0.25) is 0 Å². The minimum atomic E-state index is -1.17. The molecule has 0 aromatic carbocycles. The number of fused-ring (bicyclic) bond motifs is 4. The highest BCUT2D eigenvalue weighted by Crippen LogP contribution is 2.72. The zero-order valence-electron chi connectivity index (χ0n) is 26.2. The summed E-state index contributed by atoms with van der Waals surface area (Å²) in [6.07, 6.45) is 6.43. The van der Waals surface area contributed by atoms with Crippen LogP contribution in [-0.4, -0.2) is 45.4 Å². The van der Waals surface area contributed by atoms with Crippen LogP contribution in [-0.2, 0) is 19.1 Å². The van der Waals surface area contributed by atoms with Gasteiger partial charge < -0.3 is 20.1 Å². The van der Waals surface area contributed by atoms with Gasteiger partial charge in [-0.25, -0.2) is 0 Å². The van der Waals surface area contributed by atoms with Gasteiger partial charge >= 0.3 is 17.9 Å². The van der Waals surface area contributed by atoms with Gasteiger partial charge in [-0.05, 0) is 93.3 Å². The van der Waals surface area contributed by atoms with E-state index in [0.717, 1.165) is 44.1 Å². The van der Waals surface area contributed by atoms with E-state index >= 15 is 0 Å². The molecule has 4 aliphatic rings. The Morgan fingerprint density at radius 1 is 1.00 bits per heavy atom. The zero-order valence-corrected chi connectivity index (χ0v) is 26.2. The number of aliphatic hydroxyl groups excluding tert-OH is 1. The van der Waals surface area contributed by atoms with E-state index in [4.69, 9.17) is 9.84 Å². The van der Waals surface area contributed by atoms with Crippen LogP contribution in [0.4, 0.5) is 0 Å². The Labute approximate surface area is 245 Å². The molecule has 0 radical (unpaired) electrons. The van der Waals surface area contributed by atoms with Gasteiger partial charge in [0.05, 0.1) is 12.0 Å². The summed E-state index contributed by atoms with van der Waals surface area (Å²) in [6, 6.07) is 0. The third kappa shape index (κ3) is 4.98. The maximum Gasteiger partial charge on any atom is 0.317 e. The summed E-state index contributed by atoms with van der Waals surface area (Å²) in [5, 5.41) is 30.5. The zero-order chi connectivity index (χ0) is 30.7. The largest absolute Gasteiger partial charge is 0.481 e. The number of aliphatic hydroxyl groups is 1. The number of rotatable bonds is 9. The van der Waals surface area contributed by atoms with E-state index in [0.29, 0.717) is 31.1 Å². The number of carboxylic acid groups (broad SMARTS) is 2. The van der Waals surface area contributed by atoms with Gasteiger partial charge in [0.2, 0.25) is 0 Å². The van der Waals surface area contributed by atoms with Crippen LogP contribution < -0.4 is 0 Å². The minimum Gasteiger partial charge on any atom is -0.481 e. The summed E-state index contributed by atoms with van der Waals surface area (Å²) >= 11 is 0. The molecular weight excluding hydrogens is 520 g/mol. The van der Waals surface area contributed by atoms with E-state index < -0.39 is 36.4 Å². The molecule has 3 N–H and O–H groups in total. The molecule has 0 saturated heterocycles. The summed E-state index contributed by atoms with van der Waals surface area (Å²) in [4.78, 5) is 34.8. The van der Waals surface area contributed by atoms with E-state index in [9.17, 15) is 24.6 Å². The predicted octanol–water partition coefficient (Wildman–Crippen LogP) is 6.79. The Morgan fingerprint density at radius 3 is 2.27 bits per heavy atom. The van der Waals surface area contributed by atoms with Crippen LogP contribution in [0.15, 0.2) is 23.3 Å². The Kier molecular flexibility index (Phi) is 8.40. The van der Waals surface area contributed by atoms with Gasteiger partial charge in [-0.3, -0.25) is 14.4 Å². The highest BCUT2D eigenvalue weighted by atomic mass is 16.5. The molecule has 4 rings (SSSR count). The number of carboxylic acids is 2. The fourth-order valence-corrected chi connectivity index (χ4v) is 10.2. The summed E-state index contributed by atoms with van der Waals surface area (Å²) in [7, 11) is 0. The Bertz CT molecular complexity index is 1140. The first-order valence-electron chi connectivity index (χ1n) is 15.6. The fourth-order valence-electron chi connectivity index (χ4n) is 10.2. The molecule has 7 nitrogen and oxygen atoms in total. The number of ether oxygens (including phenoxy) is 1. The van der Waals surface area contributed by atoms with Crippen LogP contribution in [0.25, 0.3) is 0 Å². The van der Waals surface area contributed by atoms with Gasteiger partial charge in [-0.1, -0.05) is 64.8 Å². The average Bonchev–Trinajstić information content (AvgIpc) is 3.16. The smallest absolute Gasteiger partial charge is 0.317 e. The molecule has 0 unspecified atom stereocenters. The SMILES string of the molecule is C=C(CC[C@@H](C)[C@H]1CC[C@]2(C)C3=C(C[C@H](O)[C@]12C)[C@@]1(C)CC[C@@H](OC(=O)CC(=O)O)C(C)(C)[C@H]1CC3)[C@@H](C)C(=O)O. The first-order valence-corrected chi connectivity index (χ1v) is 15.6. The number of esters is 1. The molecule has 7 heteroatoms. The molecule has 2 saturated carbocycles. The molecule has 0 aliphatic heterocycles. The lowest BCUT2D eigenvalue weighted by atomic mass is 9.42. The average molecular weight is 573 g/mol. The van der Waals surface area contributed by atoms with E-state index in [1.165, 1.54) is 5.57 Å². The minimum absolute atomic E-state index is 0.104. The summed E-state index contributed by atoms with van der Waals surface area (Å²) in [5.41, 5.74) is 2.95. The molecule has 0 aromatic rings. The third-order valence-electron chi connectivity index (χ3n) is 13.0. The van der Waals surface area contributed by atoms with Gasteiger partial charge in [0.25, 0.3) is 0 Å². The number of carbonyl (C=O) groups is 3. The fraction of sp³-hybridized carbons (Fsp3) is 0.794. The predicted molar refractivity (Wildman–Crippen MR) is 157 cm³/mol. The molecule has 0 spiro atoms. The van der Waals surface area contributed by atoms with Crippen LogP contribution in [0, 0.1) is 45.3 Å². The van der Waals surface area contributed by atoms with Crippen molar-refractivity contribution in [1.29, 1.82) is 0 Å². The molecule has 41 heavy (non-hydrogen) atoms. The Morgan fingerprint density at radius 2 is 1.66 bits per heavy atom. The Balaban J connectivity index is 1.59. The van der Waals surface area contributed by atoms with Crippen LogP contribution in [0.5, 0.6) is 0 Å². The maximum atomic E-state index is 12.3. The van der Waals surface area contributed by atoms with Gasteiger partial charge in [-0.15, -0.1) is 0 Å². The van der Waals surface area contributed by atoms with Crippen molar-refractivity contribution in [1.82, 2.24) is 0 Å². The van der Waals surface area contributed by atoms with Gasteiger partial charge in [0.1, 0.15) is 12.5 Å². The molecule has 4 aliphatic carbocycles. The molecule has 0 heterocycles. The molecular formula is C34H52O7. The van der Waals surface area contributed by atoms with E-state index in [-0.39, 0.29) is 33.7 Å². The van der Waals surface area contributed by atoms with Crippen molar-refractivity contribution in [3.05, 3.63) is 23.3 Å². The van der Waals surface area contributed by atoms with Crippen molar-refractivity contribution in [3.8, 4) is 0 Å². The number of hydrogen-bond donors (Lipinski definition) is 3. The number of carbonyl (C=O) groups excluding carboxylic acids is 1. The van der Waals surface area contributed by atoms with E-state index in [1.54, 1.807) is 12.5 Å². The van der Waals surface area contributed by atoms with Crippen molar-refractivity contribution in [2.75, 3.05) is 0 Å². The van der Waals surface area contributed by atoms with Crippen molar-refractivity contribution in [3.63, 3.8) is 0 Å². The molecule has 9 atom stereocenters. The van der Waals surface area contributed by atoms with Crippen molar-refractivity contribution < 1.29 is 34.4 Å². The second kappa shape index (κ2) is 10.8. The lowest BCUT2D eigenvalue weighted by Crippen LogP contribution is -2.58. The van der Waals surface area contributed by atoms with Gasteiger partial charge in [-0.2, -0.15) is 0 Å². The normalized spacial score (nSPS) is 39.1. The lowest BCUT2D eigenvalue weighted by molar-refractivity contribution is -0.173. The van der Waals surface area contributed by atoms with Gasteiger partial charge in [0.15, 0.2) is 0 Å². The Hall–Kier alpha value is -2.15.